The van der Waals surface area contributed by atoms with E-state index in [1.165, 1.54) is 23.2 Å². The highest BCUT2D eigenvalue weighted by Crippen LogP contribution is 2.37. The number of phosphoric acid groups is 1. The molecule has 13 heteroatoms. The summed E-state index contributed by atoms with van der Waals surface area (Å²) >= 11 is 0. The lowest BCUT2D eigenvalue weighted by molar-refractivity contribution is 0.0880. The first kappa shape index (κ1) is 22.2. The molecule has 0 radical (unpaired) electrons. The van der Waals surface area contributed by atoms with Gasteiger partial charge in [0.25, 0.3) is 0 Å². The molecule has 2 N–H and O–H groups in total. The quantitative estimate of drug-likeness (QED) is 0.620. The molecule has 1 aromatic carbocycles. The summed E-state index contributed by atoms with van der Waals surface area (Å²) in [6.07, 6.45) is -0.205. The zero-order valence-electron chi connectivity index (χ0n) is 16.9. The average molecular weight is 466 g/mol. The lowest BCUT2D eigenvalue weighted by atomic mass is 10.1. The van der Waals surface area contributed by atoms with E-state index in [2.05, 4.69) is 9.51 Å². The summed E-state index contributed by atoms with van der Waals surface area (Å²) < 4.78 is 35.0. The summed E-state index contributed by atoms with van der Waals surface area (Å²) in [6.45, 7) is 0.590. The Labute approximate surface area is 182 Å². The van der Waals surface area contributed by atoms with Gasteiger partial charge in [-0.25, -0.2) is 23.5 Å². The number of hydrogen-bond donors (Lipinski definition) is 2. The van der Waals surface area contributed by atoms with Crippen LogP contribution < -0.4 is 9.80 Å². The Morgan fingerprint density at radius 1 is 1.22 bits per heavy atom. The van der Waals surface area contributed by atoms with Crippen LogP contribution in [0.15, 0.2) is 36.5 Å². The van der Waals surface area contributed by atoms with Gasteiger partial charge in [0.05, 0.1) is 18.8 Å². The van der Waals surface area contributed by atoms with E-state index in [0.717, 1.165) is 11.0 Å². The fraction of sp³-hybridized carbons (Fsp3) is 0.316. The Morgan fingerprint density at radius 2 is 2.00 bits per heavy atom. The number of phosphoric ester groups is 1. The molecule has 2 fully saturated rings. The molecule has 2 aromatic rings. The zero-order valence-corrected chi connectivity index (χ0v) is 17.8. The molecule has 2 aliphatic heterocycles. The minimum absolute atomic E-state index is 0.0494. The van der Waals surface area contributed by atoms with E-state index in [-0.39, 0.29) is 23.8 Å². The van der Waals surface area contributed by atoms with Gasteiger partial charge in [-0.15, -0.1) is 0 Å². The van der Waals surface area contributed by atoms with Gasteiger partial charge in [-0.1, -0.05) is 0 Å². The van der Waals surface area contributed by atoms with Crippen LogP contribution in [0, 0.1) is 5.82 Å². The fourth-order valence-electron chi connectivity index (χ4n) is 3.47. The molecule has 32 heavy (non-hydrogen) atoms. The van der Waals surface area contributed by atoms with E-state index in [1.54, 1.807) is 24.1 Å². The van der Waals surface area contributed by atoms with Crippen molar-refractivity contribution < 1.29 is 37.6 Å². The van der Waals surface area contributed by atoms with E-state index < -0.39 is 32.4 Å². The lowest BCUT2D eigenvalue weighted by Crippen LogP contribution is -2.29. The first-order valence-electron chi connectivity index (χ1n) is 9.59. The summed E-state index contributed by atoms with van der Waals surface area (Å²) in [5.74, 6) is -0.125. The lowest BCUT2D eigenvalue weighted by Gasteiger charge is -2.16. The van der Waals surface area contributed by atoms with Gasteiger partial charge in [0.2, 0.25) is 0 Å². The first-order chi connectivity index (χ1) is 15.1. The third kappa shape index (κ3) is 4.58. The van der Waals surface area contributed by atoms with Gasteiger partial charge in [-0.3, -0.25) is 14.3 Å². The van der Waals surface area contributed by atoms with Crippen LogP contribution in [0.2, 0.25) is 0 Å². The van der Waals surface area contributed by atoms with Crippen LogP contribution in [0.25, 0.3) is 11.1 Å². The second-order valence-electron chi connectivity index (χ2n) is 7.33. The molecular weight excluding hydrogens is 446 g/mol. The molecule has 2 aliphatic rings. The van der Waals surface area contributed by atoms with Gasteiger partial charge < -0.3 is 19.4 Å². The monoisotopic (exact) mass is 466 g/mol. The predicted octanol–water partition coefficient (Wildman–Crippen LogP) is 2.19. The molecule has 2 saturated heterocycles. The van der Waals surface area contributed by atoms with Crippen LogP contribution in [0.1, 0.15) is 0 Å². The van der Waals surface area contributed by atoms with Crippen LogP contribution in [-0.2, 0) is 13.8 Å². The van der Waals surface area contributed by atoms with Crippen LogP contribution in [-0.4, -0.2) is 71.2 Å². The Morgan fingerprint density at radius 3 is 2.59 bits per heavy atom. The fourth-order valence-corrected chi connectivity index (χ4v) is 3.83. The molecule has 0 saturated carbocycles. The highest BCUT2D eigenvalue weighted by molar-refractivity contribution is 7.46. The van der Waals surface area contributed by atoms with E-state index in [1.807, 2.05) is 0 Å². The molecule has 0 bridgehead atoms. The molecule has 11 nitrogen and oxygen atoms in total. The molecule has 1 atom stereocenters. The van der Waals surface area contributed by atoms with Gasteiger partial charge in [-0.05, 0) is 30.3 Å². The minimum Gasteiger partial charge on any atom is -0.441 e. The number of amides is 3. The Kier molecular flexibility index (Phi) is 5.87. The Balaban J connectivity index is 1.47. The maximum absolute atomic E-state index is 14.8. The molecule has 3 amide bonds. The largest absolute Gasteiger partial charge is 0.469 e. The predicted molar refractivity (Wildman–Crippen MR) is 111 cm³/mol. The van der Waals surface area contributed by atoms with Crippen molar-refractivity contribution in [1.82, 2.24) is 9.88 Å². The van der Waals surface area contributed by atoms with Crippen molar-refractivity contribution in [2.24, 2.45) is 0 Å². The number of halogens is 1. The van der Waals surface area contributed by atoms with Crippen molar-refractivity contribution in [3.8, 4) is 11.1 Å². The van der Waals surface area contributed by atoms with E-state index in [9.17, 15) is 18.5 Å². The molecule has 0 unspecified atom stereocenters. The molecule has 170 valence electrons. The molecular formula is C19H20FN4O7P. The SMILES string of the molecule is CN1CCN(c2ccc(-c3ccc(N4C[C@H](COP(=O)(O)O)OC4=O)cc3F)cn2)C1=O. The van der Waals surface area contributed by atoms with Crippen molar-refractivity contribution in [1.29, 1.82) is 0 Å². The molecule has 0 aliphatic carbocycles. The van der Waals surface area contributed by atoms with Crippen molar-refractivity contribution in [3.63, 3.8) is 0 Å². The number of benzene rings is 1. The van der Waals surface area contributed by atoms with Crippen molar-refractivity contribution in [3.05, 3.63) is 42.3 Å². The number of anilines is 2. The van der Waals surface area contributed by atoms with Crippen LogP contribution >= 0.6 is 7.82 Å². The van der Waals surface area contributed by atoms with Gasteiger partial charge in [0.1, 0.15) is 17.7 Å². The number of carbonyl (C=O) groups is 2. The number of ether oxygens (including phenoxy) is 1. The van der Waals surface area contributed by atoms with Crippen molar-refractivity contribution >= 4 is 31.5 Å². The van der Waals surface area contributed by atoms with Gasteiger partial charge in [0, 0.05) is 37.5 Å². The molecule has 1 aromatic heterocycles. The average Bonchev–Trinajstić information content (AvgIpc) is 3.28. The number of carbonyl (C=O) groups excluding carboxylic acids is 2. The summed E-state index contributed by atoms with van der Waals surface area (Å²) in [5, 5.41) is 0. The number of urea groups is 1. The summed E-state index contributed by atoms with van der Waals surface area (Å²) in [5.41, 5.74) is 0.978. The summed E-state index contributed by atoms with van der Waals surface area (Å²) in [6, 6.07) is 7.33. The molecule has 3 heterocycles. The first-order valence-corrected chi connectivity index (χ1v) is 11.1. The normalized spacial score (nSPS) is 19.1. The minimum atomic E-state index is -4.70. The number of cyclic esters (lactones) is 1. The number of hydrogen-bond acceptors (Lipinski definition) is 6. The Hall–Kier alpha value is -3.05. The van der Waals surface area contributed by atoms with Crippen molar-refractivity contribution in [2.75, 3.05) is 43.1 Å². The third-order valence-electron chi connectivity index (χ3n) is 5.12. The number of nitrogens with zero attached hydrogens (tertiary/aromatic N) is 4. The van der Waals surface area contributed by atoms with Gasteiger partial charge in [0.15, 0.2) is 0 Å². The zero-order chi connectivity index (χ0) is 23.0. The second-order valence-corrected chi connectivity index (χ2v) is 8.57. The Bertz CT molecular complexity index is 1090. The standard InChI is InChI=1S/C19H20FN4O7P/c1-22-6-7-23(18(22)25)17-5-2-12(9-21-17)15-4-3-13(8-16(15)20)24-10-14(31-19(24)26)11-30-32(27,28)29/h2-5,8-9,14H,6-7,10-11H2,1H3,(H2,27,28,29)/t14-/m1/s1. The summed E-state index contributed by atoms with van der Waals surface area (Å²) in [4.78, 5) is 50.2. The van der Waals surface area contributed by atoms with Gasteiger partial charge >= 0.3 is 19.9 Å². The number of rotatable bonds is 6. The third-order valence-corrected chi connectivity index (χ3v) is 5.60. The van der Waals surface area contributed by atoms with Crippen LogP contribution in [0.4, 0.5) is 25.5 Å². The smallest absolute Gasteiger partial charge is 0.441 e. The molecule has 4 rings (SSSR count). The van der Waals surface area contributed by atoms with Crippen LogP contribution in [0.3, 0.4) is 0 Å². The maximum Gasteiger partial charge on any atom is 0.469 e. The van der Waals surface area contributed by atoms with Crippen LogP contribution in [0.5, 0.6) is 0 Å². The highest BCUT2D eigenvalue weighted by Gasteiger charge is 2.34. The van der Waals surface area contributed by atoms with Crippen molar-refractivity contribution in [2.45, 2.75) is 6.10 Å². The highest BCUT2D eigenvalue weighted by atomic mass is 31.2. The number of aromatic nitrogens is 1. The number of pyridine rings is 1. The topological polar surface area (TPSA) is 133 Å². The second kappa shape index (κ2) is 8.47. The maximum atomic E-state index is 14.8. The number of likely N-dealkylation sites (N-methyl/N-ethyl adjacent to an activating group) is 1. The van der Waals surface area contributed by atoms with Gasteiger partial charge in [-0.2, -0.15) is 0 Å². The van der Waals surface area contributed by atoms with E-state index in [0.29, 0.717) is 24.5 Å². The molecule has 0 spiro atoms. The van der Waals surface area contributed by atoms with E-state index in [4.69, 9.17) is 14.5 Å². The summed E-state index contributed by atoms with van der Waals surface area (Å²) in [7, 11) is -2.99. The van der Waals surface area contributed by atoms with E-state index >= 15 is 0 Å².